The van der Waals surface area contributed by atoms with E-state index in [1.165, 1.54) is 23.3 Å². The second kappa shape index (κ2) is 6.90. The normalized spacial score (nSPS) is 19.7. The molecule has 1 saturated heterocycles. The van der Waals surface area contributed by atoms with Crippen molar-refractivity contribution in [3.63, 3.8) is 0 Å². The summed E-state index contributed by atoms with van der Waals surface area (Å²) in [5, 5.41) is 8.48. The van der Waals surface area contributed by atoms with Gasteiger partial charge in [0.2, 0.25) is 5.91 Å². The van der Waals surface area contributed by atoms with Crippen LogP contribution < -0.4 is 10.6 Å². The largest absolute Gasteiger partial charge is 0.351 e. The van der Waals surface area contributed by atoms with Crippen LogP contribution in [0.15, 0.2) is 11.4 Å². The molecule has 1 aliphatic rings. The quantitative estimate of drug-likeness (QED) is 0.859. The summed E-state index contributed by atoms with van der Waals surface area (Å²) < 4.78 is 0. The maximum atomic E-state index is 11.8. The van der Waals surface area contributed by atoms with Crippen LogP contribution in [0, 0.1) is 12.8 Å². The Morgan fingerprint density at radius 3 is 3.17 bits per heavy atom. The van der Waals surface area contributed by atoms with Gasteiger partial charge in [-0.15, -0.1) is 11.3 Å². The average Bonchev–Trinajstić information content (AvgIpc) is 2.81. The summed E-state index contributed by atoms with van der Waals surface area (Å²) in [6.07, 6.45) is 4.20. The molecule has 1 unspecified atom stereocenters. The molecule has 3 nitrogen and oxygen atoms in total. The molecule has 2 N–H and O–H groups in total. The van der Waals surface area contributed by atoms with E-state index in [9.17, 15) is 4.79 Å². The number of piperidine rings is 1. The van der Waals surface area contributed by atoms with Crippen molar-refractivity contribution < 1.29 is 4.79 Å². The minimum atomic E-state index is 0.188. The van der Waals surface area contributed by atoms with E-state index in [4.69, 9.17) is 0 Å². The molecule has 0 bridgehead atoms. The SMILES string of the molecule is Cc1ccsc1CNC(=O)CCC1CCCNC1. The fourth-order valence-electron chi connectivity index (χ4n) is 2.36. The highest BCUT2D eigenvalue weighted by Gasteiger charge is 2.14. The lowest BCUT2D eigenvalue weighted by Gasteiger charge is -2.22. The monoisotopic (exact) mass is 266 g/mol. The maximum Gasteiger partial charge on any atom is 0.220 e. The van der Waals surface area contributed by atoms with Gasteiger partial charge in [0.1, 0.15) is 0 Å². The second-order valence-corrected chi connectivity index (χ2v) is 6.06. The number of aryl methyl sites for hydroxylation is 1. The van der Waals surface area contributed by atoms with Gasteiger partial charge in [-0.2, -0.15) is 0 Å². The Labute approximate surface area is 113 Å². The van der Waals surface area contributed by atoms with Crippen LogP contribution >= 0.6 is 11.3 Å². The smallest absolute Gasteiger partial charge is 0.220 e. The number of thiophene rings is 1. The molecule has 0 aliphatic carbocycles. The van der Waals surface area contributed by atoms with E-state index in [1.54, 1.807) is 11.3 Å². The highest BCUT2D eigenvalue weighted by molar-refractivity contribution is 7.10. The molecule has 1 atom stereocenters. The fourth-order valence-corrected chi connectivity index (χ4v) is 3.20. The Bertz CT molecular complexity index is 383. The third-order valence-electron chi connectivity index (χ3n) is 3.59. The zero-order valence-electron chi connectivity index (χ0n) is 11.0. The number of carbonyl (C=O) groups excluding carboxylic acids is 1. The first-order valence-corrected chi connectivity index (χ1v) is 7.64. The molecule has 1 aromatic heterocycles. The van der Waals surface area contributed by atoms with Crippen LogP contribution in [0.25, 0.3) is 0 Å². The molecule has 1 amide bonds. The van der Waals surface area contributed by atoms with Crippen molar-refractivity contribution in [2.24, 2.45) is 5.92 Å². The van der Waals surface area contributed by atoms with Gasteiger partial charge in [-0.05, 0) is 62.2 Å². The predicted octanol–water partition coefficient (Wildman–Crippen LogP) is 2.45. The van der Waals surface area contributed by atoms with E-state index in [-0.39, 0.29) is 5.91 Å². The third-order valence-corrected chi connectivity index (χ3v) is 4.62. The summed E-state index contributed by atoms with van der Waals surface area (Å²) in [5.41, 5.74) is 1.27. The van der Waals surface area contributed by atoms with Crippen LogP contribution in [0.1, 0.15) is 36.1 Å². The van der Waals surface area contributed by atoms with Gasteiger partial charge >= 0.3 is 0 Å². The highest BCUT2D eigenvalue weighted by atomic mass is 32.1. The lowest BCUT2D eigenvalue weighted by atomic mass is 9.94. The molecular formula is C14H22N2OS. The van der Waals surface area contributed by atoms with Crippen molar-refractivity contribution in [3.8, 4) is 0 Å². The molecule has 0 aromatic carbocycles. The van der Waals surface area contributed by atoms with E-state index >= 15 is 0 Å². The second-order valence-electron chi connectivity index (χ2n) is 5.05. The molecule has 0 radical (unpaired) electrons. The van der Waals surface area contributed by atoms with Crippen LogP contribution in [0.5, 0.6) is 0 Å². The maximum absolute atomic E-state index is 11.8. The lowest BCUT2D eigenvalue weighted by molar-refractivity contribution is -0.121. The van der Waals surface area contributed by atoms with Crippen LogP contribution in [-0.2, 0) is 11.3 Å². The zero-order valence-corrected chi connectivity index (χ0v) is 11.8. The summed E-state index contributed by atoms with van der Waals surface area (Å²) in [4.78, 5) is 13.0. The molecule has 18 heavy (non-hydrogen) atoms. The standard InChI is InChI=1S/C14H22N2OS/c1-11-6-8-18-13(11)10-16-14(17)5-4-12-3-2-7-15-9-12/h6,8,12,15H,2-5,7,9-10H2,1H3,(H,16,17). The summed E-state index contributed by atoms with van der Waals surface area (Å²) in [5.74, 6) is 0.876. The summed E-state index contributed by atoms with van der Waals surface area (Å²) in [6.45, 7) is 4.99. The highest BCUT2D eigenvalue weighted by Crippen LogP contribution is 2.17. The first kappa shape index (κ1) is 13.6. The van der Waals surface area contributed by atoms with E-state index < -0.39 is 0 Å². The van der Waals surface area contributed by atoms with E-state index in [0.717, 1.165) is 19.5 Å². The summed E-state index contributed by atoms with van der Waals surface area (Å²) in [7, 11) is 0. The Morgan fingerprint density at radius 2 is 2.50 bits per heavy atom. The average molecular weight is 266 g/mol. The van der Waals surface area contributed by atoms with Crippen molar-refractivity contribution in [3.05, 3.63) is 21.9 Å². The number of carbonyl (C=O) groups is 1. The van der Waals surface area contributed by atoms with Gasteiger partial charge in [-0.25, -0.2) is 0 Å². The Kier molecular flexibility index (Phi) is 5.20. The molecule has 0 spiro atoms. The molecule has 2 rings (SSSR count). The summed E-state index contributed by atoms with van der Waals surface area (Å²) >= 11 is 1.71. The van der Waals surface area contributed by atoms with Crippen molar-refractivity contribution in [2.75, 3.05) is 13.1 Å². The molecule has 1 fully saturated rings. The molecule has 100 valence electrons. The third kappa shape index (κ3) is 4.10. The first-order chi connectivity index (χ1) is 8.75. The minimum Gasteiger partial charge on any atom is -0.351 e. The van der Waals surface area contributed by atoms with Gasteiger partial charge in [-0.1, -0.05) is 0 Å². The number of amides is 1. The molecule has 0 saturated carbocycles. The molecule has 1 aromatic rings. The molecule has 2 heterocycles. The van der Waals surface area contributed by atoms with Crippen LogP contribution in [0.2, 0.25) is 0 Å². The Morgan fingerprint density at radius 1 is 1.61 bits per heavy atom. The van der Waals surface area contributed by atoms with E-state index in [2.05, 4.69) is 29.0 Å². The number of nitrogens with one attached hydrogen (secondary N) is 2. The van der Waals surface area contributed by atoms with E-state index in [0.29, 0.717) is 18.9 Å². The number of hydrogen-bond donors (Lipinski definition) is 2. The number of rotatable bonds is 5. The Balaban J connectivity index is 1.64. The van der Waals surface area contributed by atoms with E-state index in [1.807, 2.05) is 0 Å². The predicted molar refractivity (Wildman–Crippen MR) is 75.7 cm³/mol. The minimum absolute atomic E-state index is 0.188. The van der Waals surface area contributed by atoms with Gasteiger partial charge in [0, 0.05) is 11.3 Å². The van der Waals surface area contributed by atoms with Gasteiger partial charge in [0.15, 0.2) is 0 Å². The van der Waals surface area contributed by atoms with Crippen molar-refractivity contribution in [1.82, 2.24) is 10.6 Å². The molecule has 4 heteroatoms. The van der Waals surface area contributed by atoms with Crippen molar-refractivity contribution in [1.29, 1.82) is 0 Å². The van der Waals surface area contributed by atoms with Gasteiger partial charge in [0.05, 0.1) is 6.54 Å². The zero-order chi connectivity index (χ0) is 12.8. The Hall–Kier alpha value is -0.870. The van der Waals surface area contributed by atoms with Crippen molar-refractivity contribution >= 4 is 17.2 Å². The molecule has 1 aliphatic heterocycles. The first-order valence-electron chi connectivity index (χ1n) is 6.76. The van der Waals surface area contributed by atoms with Crippen molar-refractivity contribution in [2.45, 2.75) is 39.2 Å². The van der Waals surface area contributed by atoms with Crippen LogP contribution in [0.4, 0.5) is 0 Å². The summed E-state index contributed by atoms with van der Waals surface area (Å²) in [6, 6.07) is 2.10. The lowest BCUT2D eigenvalue weighted by Crippen LogP contribution is -2.31. The fraction of sp³-hybridized carbons (Fsp3) is 0.643. The topological polar surface area (TPSA) is 41.1 Å². The van der Waals surface area contributed by atoms with Gasteiger partial charge in [-0.3, -0.25) is 4.79 Å². The molecular weight excluding hydrogens is 244 g/mol. The van der Waals surface area contributed by atoms with Crippen LogP contribution in [0.3, 0.4) is 0 Å². The van der Waals surface area contributed by atoms with Gasteiger partial charge < -0.3 is 10.6 Å². The number of hydrogen-bond acceptors (Lipinski definition) is 3. The van der Waals surface area contributed by atoms with Gasteiger partial charge in [0.25, 0.3) is 0 Å². The van der Waals surface area contributed by atoms with Crippen LogP contribution in [-0.4, -0.2) is 19.0 Å².